The second-order valence-electron chi connectivity index (χ2n) is 6.00. The Morgan fingerprint density at radius 3 is 2.53 bits per heavy atom. The molecule has 2 N–H and O–H groups in total. The van der Waals surface area contributed by atoms with Crippen molar-refractivity contribution in [1.82, 2.24) is 10.2 Å². The minimum atomic E-state index is -0.299. The molecule has 1 atom stereocenters. The number of hydrogen-bond donors (Lipinski definition) is 2. The molecule has 102 valence electrons. The van der Waals surface area contributed by atoms with Gasteiger partial charge >= 0.3 is 0 Å². The molecule has 4 heteroatoms. The Morgan fingerprint density at radius 2 is 2.06 bits per heavy atom. The van der Waals surface area contributed by atoms with E-state index >= 15 is 0 Å². The van der Waals surface area contributed by atoms with E-state index in [2.05, 4.69) is 31.0 Å². The molecule has 0 aromatic heterocycles. The van der Waals surface area contributed by atoms with Gasteiger partial charge in [-0.1, -0.05) is 0 Å². The summed E-state index contributed by atoms with van der Waals surface area (Å²) in [7, 11) is 1.72. The molecule has 1 rings (SSSR count). The van der Waals surface area contributed by atoms with Gasteiger partial charge in [0, 0.05) is 38.3 Å². The highest BCUT2D eigenvalue weighted by Gasteiger charge is 2.29. The zero-order valence-corrected chi connectivity index (χ0v) is 11.7. The lowest BCUT2D eigenvalue weighted by Crippen LogP contribution is -2.45. The van der Waals surface area contributed by atoms with Gasteiger partial charge in [0.1, 0.15) is 0 Å². The molecule has 0 saturated heterocycles. The van der Waals surface area contributed by atoms with Crippen LogP contribution in [0.25, 0.3) is 0 Å². The Hall–Kier alpha value is -0.160. The molecule has 0 radical (unpaired) electrons. The first-order chi connectivity index (χ1) is 7.92. The van der Waals surface area contributed by atoms with Crippen LogP contribution in [0.3, 0.4) is 0 Å². The maximum atomic E-state index is 10.0. The van der Waals surface area contributed by atoms with E-state index in [1.165, 1.54) is 12.8 Å². The van der Waals surface area contributed by atoms with Crippen LogP contribution in [0.1, 0.15) is 33.6 Å². The van der Waals surface area contributed by atoms with E-state index in [9.17, 15) is 5.11 Å². The van der Waals surface area contributed by atoms with Crippen LogP contribution >= 0.6 is 0 Å². The Morgan fingerprint density at radius 1 is 1.41 bits per heavy atom. The largest absolute Gasteiger partial charge is 0.390 e. The minimum absolute atomic E-state index is 0.0674. The van der Waals surface area contributed by atoms with Gasteiger partial charge in [0.2, 0.25) is 0 Å². The maximum Gasteiger partial charge on any atom is 0.0791 e. The summed E-state index contributed by atoms with van der Waals surface area (Å²) < 4.78 is 5.11. The van der Waals surface area contributed by atoms with E-state index in [-0.39, 0.29) is 11.6 Å². The van der Waals surface area contributed by atoms with Crippen LogP contribution in [0.4, 0.5) is 0 Å². The fourth-order valence-corrected chi connectivity index (χ4v) is 1.83. The quantitative estimate of drug-likeness (QED) is 0.664. The molecule has 0 spiro atoms. The number of ether oxygens (including phenoxy) is 1. The fourth-order valence-electron chi connectivity index (χ4n) is 1.83. The van der Waals surface area contributed by atoms with Crippen molar-refractivity contribution in [1.29, 1.82) is 0 Å². The molecule has 0 bridgehead atoms. The van der Waals surface area contributed by atoms with Gasteiger partial charge in [0.05, 0.1) is 12.7 Å². The molecule has 0 amide bonds. The standard InChI is InChI=1S/C13H28N2O2/c1-13(2,3)14-9-12(16)10-15(7-8-17-4)11-5-6-11/h11-12,14,16H,5-10H2,1-4H3. The van der Waals surface area contributed by atoms with Gasteiger partial charge in [0.25, 0.3) is 0 Å². The van der Waals surface area contributed by atoms with Crippen LogP contribution in [0.5, 0.6) is 0 Å². The van der Waals surface area contributed by atoms with Crippen LogP contribution in [-0.4, -0.2) is 61.0 Å². The van der Waals surface area contributed by atoms with Crippen molar-refractivity contribution < 1.29 is 9.84 Å². The van der Waals surface area contributed by atoms with Crippen LogP contribution in [-0.2, 0) is 4.74 Å². The van der Waals surface area contributed by atoms with Gasteiger partial charge in [-0.3, -0.25) is 4.90 Å². The second kappa shape index (κ2) is 6.69. The van der Waals surface area contributed by atoms with Gasteiger partial charge in [-0.2, -0.15) is 0 Å². The van der Waals surface area contributed by atoms with Crippen molar-refractivity contribution in [2.24, 2.45) is 0 Å². The van der Waals surface area contributed by atoms with E-state index in [1.54, 1.807) is 7.11 Å². The van der Waals surface area contributed by atoms with Crippen molar-refractivity contribution in [3.8, 4) is 0 Å². The monoisotopic (exact) mass is 244 g/mol. The predicted octanol–water partition coefficient (Wildman–Crippen LogP) is 0.846. The van der Waals surface area contributed by atoms with E-state index in [1.807, 2.05) is 0 Å². The molecule has 1 aliphatic carbocycles. The minimum Gasteiger partial charge on any atom is -0.390 e. The third-order valence-electron chi connectivity index (χ3n) is 2.96. The molecule has 0 aromatic rings. The van der Waals surface area contributed by atoms with Crippen LogP contribution in [0, 0.1) is 0 Å². The van der Waals surface area contributed by atoms with Gasteiger partial charge in [-0.25, -0.2) is 0 Å². The molecule has 17 heavy (non-hydrogen) atoms. The first-order valence-corrected chi connectivity index (χ1v) is 6.58. The second-order valence-corrected chi connectivity index (χ2v) is 6.00. The van der Waals surface area contributed by atoms with E-state index in [0.717, 1.165) is 19.7 Å². The van der Waals surface area contributed by atoms with E-state index in [4.69, 9.17) is 4.74 Å². The predicted molar refractivity (Wildman–Crippen MR) is 70.2 cm³/mol. The lowest BCUT2D eigenvalue weighted by molar-refractivity contribution is 0.0805. The summed E-state index contributed by atoms with van der Waals surface area (Å²) in [6, 6.07) is 0.675. The fraction of sp³-hybridized carbons (Fsp3) is 1.00. The Kier molecular flexibility index (Phi) is 5.86. The third kappa shape index (κ3) is 6.99. The summed E-state index contributed by atoms with van der Waals surface area (Å²) in [6.07, 6.45) is 2.23. The van der Waals surface area contributed by atoms with Gasteiger partial charge in [-0.05, 0) is 33.6 Å². The van der Waals surface area contributed by atoms with Crippen LogP contribution in [0.2, 0.25) is 0 Å². The van der Waals surface area contributed by atoms with Crippen molar-refractivity contribution in [2.45, 2.75) is 51.3 Å². The molecule has 1 aliphatic rings. The Balaban J connectivity index is 2.23. The van der Waals surface area contributed by atoms with Crippen molar-refractivity contribution in [3.63, 3.8) is 0 Å². The number of aliphatic hydroxyl groups is 1. The SMILES string of the molecule is COCCN(CC(O)CNC(C)(C)C)C1CC1. The molecule has 1 fully saturated rings. The first-order valence-electron chi connectivity index (χ1n) is 6.58. The van der Waals surface area contributed by atoms with E-state index < -0.39 is 0 Å². The van der Waals surface area contributed by atoms with Crippen molar-refractivity contribution >= 4 is 0 Å². The summed E-state index contributed by atoms with van der Waals surface area (Å²) >= 11 is 0. The summed E-state index contributed by atoms with van der Waals surface area (Å²) in [6.45, 7) is 9.41. The number of nitrogens with zero attached hydrogens (tertiary/aromatic N) is 1. The number of aliphatic hydroxyl groups excluding tert-OH is 1. The first kappa shape index (κ1) is 14.9. The molecule has 0 heterocycles. The summed E-state index contributed by atoms with van der Waals surface area (Å²) in [5.41, 5.74) is 0.0674. The normalized spacial score (nSPS) is 18.7. The molecule has 1 unspecified atom stereocenters. The lowest BCUT2D eigenvalue weighted by Gasteiger charge is -2.27. The molecule has 0 aliphatic heterocycles. The van der Waals surface area contributed by atoms with Crippen LogP contribution < -0.4 is 5.32 Å². The number of rotatable bonds is 8. The van der Waals surface area contributed by atoms with Gasteiger partial charge < -0.3 is 15.2 Å². The van der Waals surface area contributed by atoms with Crippen molar-refractivity contribution in [2.75, 3.05) is 33.4 Å². The highest BCUT2D eigenvalue weighted by Crippen LogP contribution is 2.26. The van der Waals surface area contributed by atoms with Crippen LogP contribution in [0.15, 0.2) is 0 Å². The Labute approximate surface area is 105 Å². The lowest BCUT2D eigenvalue weighted by atomic mass is 10.1. The topological polar surface area (TPSA) is 44.7 Å². The summed E-state index contributed by atoms with van der Waals surface area (Å²) in [5.74, 6) is 0. The number of methoxy groups -OCH3 is 1. The molecular formula is C13H28N2O2. The smallest absolute Gasteiger partial charge is 0.0791 e. The summed E-state index contributed by atoms with van der Waals surface area (Å²) in [5, 5.41) is 13.3. The Bertz CT molecular complexity index is 212. The molecular weight excluding hydrogens is 216 g/mol. The highest BCUT2D eigenvalue weighted by molar-refractivity contribution is 4.86. The van der Waals surface area contributed by atoms with E-state index in [0.29, 0.717) is 12.6 Å². The molecule has 4 nitrogen and oxygen atoms in total. The maximum absolute atomic E-state index is 10.0. The average Bonchev–Trinajstić information content (AvgIpc) is 3.04. The number of nitrogens with one attached hydrogen (secondary N) is 1. The van der Waals surface area contributed by atoms with Crippen molar-refractivity contribution in [3.05, 3.63) is 0 Å². The average molecular weight is 244 g/mol. The zero-order chi connectivity index (χ0) is 12.9. The molecule has 0 aromatic carbocycles. The van der Waals surface area contributed by atoms with Gasteiger partial charge in [0.15, 0.2) is 0 Å². The summed E-state index contributed by atoms with van der Waals surface area (Å²) in [4.78, 5) is 2.35. The third-order valence-corrected chi connectivity index (χ3v) is 2.96. The number of β-amino-alcohol motifs (C(OH)–C–C–N with tert-alkyl or cyclic N) is 1. The number of hydrogen-bond acceptors (Lipinski definition) is 4. The van der Waals surface area contributed by atoms with Gasteiger partial charge in [-0.15, -0.1) is 0 Å². The zero-order valence-electron chi connectivity index (χ0n) is 11.7. The highest BCUT2D eigenvalue weighted by atomic mass is 16.5. The molecule has 1 saturated carbocycles.